The quantitative estimate of drug-likeness (QED) is 0.203. The van der Waals surface area contributed by atoms with E-state index in [0.717, 1.165) is 58.2 Å². The average molecular weight is 646 g/mol. The number of pyridine rings is 1. The summed E-state index contributed by atoms with van der Waals surface area (Å²) in [5.41, 5.74) is 10.6. The summed E-state index contributed by atoms with van der Waals surface area (Å²) >= 11 is 7.16. The number of nitrogens with zero attached hydrogens (tertiary/aromatic N) is 2. The fraction of sp³-hybridized carbons (Fsp3) is 0.263. The molecule has 0 saturated carbocycles. The molecule has 2 amide bonds. The van der Waals surface area contributed by atoms with E-state index in [1.807, 2.05) is 24.3 Å². The molecule has 1 saturated heterocycles. The molecule has 2 aliphatic rings. The number of hydrogen-bond donors (Lipinski definition) is 3. The standard InChI is InChI=1S/C38H36ClN5O3/c1-22-31(26-13-14-44-35(18-26)41-20-28(38(44)47)19-40-21-29-11-12-36(46)43-29)5-3-6-32(22)34-8-4-7-33(37(34)39)25-10-9-24-16-30(42-23(2)45)17-27(24)15-25/h3-10,13-15,18,20,29-30,40H,11-12,16-17,19,21H2,1-2H3,(H,42,45)(H,43,46)/t29-,30?/m0/s1. The van der Waals surface area contributed by atoms with Crippen molar-refractivity contribution in [2.24, 2.45) is 0 Å². The average Bonchev–Trinajstić information content (AvgIpc) is 3.66. The Labute approximate surface area is 278 Å². The van der Waals surface area contributed by atoms with Crippen molar-refractivity contribution in [3.05, 3.63) is 117 Å². The van der Waals surface area contributed by atoms with Crippen molar-refractivity contribution in [3.63, 3.8) is 0 Å². The van der Waals surface area contributed by atoms with Crippen LogP contribution < -0.4 is 21.5 Å². The Bertz CT molecular complexity index is 2110. The van der Waals surface area contributed by atoms with Gasteiger partial charge in [0.2, 0.25) is 11.8 Å². The van der Waals surface area contributed by atoms with Crippen LogP contribution in [0.5, 0.6) is 0 Å². The van der Waals surface area contributed by atoms with Crippen LogP contribution in [0, 0.1) is 6.92 Å². The zero-order valence-corrected chi connectivity index (χ0v) is 27.2. The third-order valence-electron chi connectivity index (χ3n) is 9.36. The molecule has 1 unspecified atom stereocenters. The summed E-state index contributed by atoms with van der Waals surface area (Å²) in [5, 5.41) is 9.95. The molecule has 2 atom stereocenters. The molecule has 7 rings (SSSR count). The predicted molar refractivity (Wildman–Crippen MR) is 185 cm³/mol. The second kappa shape index (κ2) is 12.8. The minimum Gasteiger partial charge on any atom is -0.353 e. The number of halogens is 1. The largest absolute Gasteiger partial charge is 0.353 e. The van der Waals surface area contributed by atoms with Gasteiger partial charge in [-0.3, -0.25) is 18.8 Å². The minimum atomic E-state index is -0.115. The lowest BCUT2D eigenvalue weighted by Gasteiger charge is -2.16. The van der Waals surface area contributed by atoms with E-state index in [-0.39, 0.29) is 29.5 Å². The van der Waals surface area contributed by atoms with Gasteiger partial charge < -0.3 is 16.0 Å². The Morgan fingerprint density at radius 3 is 2.49 bits per heavy atom. The molecule has 1 aliphatic carbocycles. The molecule has 8 nitrogen and oxygen atoms in total. The molecule has 1 aliphatic heterocycles. The van der Waals surface area contributed by atoms with Crippen LogP contribution in [0.2, 0.25) is 5.02 Å². The Kier molecular flexibility index (Phi) is 8.39. The molecule has 2 aromatic heterocycles. The topological polar surface area (TPSA) is 105 Å². The van der Waals surface area contributed by atoms with Crippen LogP contribution in [-0.4, -0.2) is 39.8 Å². The Morgan fingerprint density at radius 1 is 0.957 bits per heavy atom. The number of carbonyl (C=O) groups excluding carboxylic acids is 2. The SMILES string of the molecule is CC(=O)NC1Cc2ccc(-c3cccc(-c4cccc(-c5ccn6c(=O)c(CNC[C@@H]7CCC(=O)N7)cnc6c5)c4C)c3Cl)cc2C1. The maximum absolute atomic E-state index is 13.3. The van der Waals surface area contributed by atoms with Gasteiger partial charge in [-0.1, -0.05) is 66.2 Å². The van der Waals surface area contributed by atoms with Crippen molar-refractivity contribution in [2.75, 3.05) is 6.54 Å². The minimum absolute atomic E-state index is 0.00351. The Hall–Kier alpha value is -4.79. The summed E-state index contributed by atoms with van der Waals surface area (Å²) in [4.78, 5) is 40.9. The highest BCUT2D eigenvalue weighted by Gasteiger charge is 2.23. The molecule has 0 radical (unpaired) electrons. The Balaban J connectivity index is 1.14. The first-order valence-corrected chi connectivity index (χ1v) is 16.4. The summed E-state index contributed by atoms with van der Waals surface area (Å²) in [6, 6.07) is 22.9. The van der Waals surface area contributed by atoms with Gasteiger partial charge in [-0.15, -0.1) is 0 Å². The van der Waals surface area contributed by atoms with Crippen LogP contribution in [0.25, 0.3) is 39.0 Å². The summed E-state index contributed by atoms with van der Waals surface area (Å²) in [6.07, 6.45) is 6.43. The molecule has 3 heterocycles. The molecule has 47 heavy (non-hydrogen) atoms. The monoisotopic (exact) mass is 645 g/mol. The number of amides is 2. The lowest BCUT2D eigenvalue weighted by molar-refractivity contribution is -0.120. The van der Waals surface area contributed by atoms with Gasteiger partial charge in [0.1, 0.15) is 5.65 Å². The van der Waals surface area contributed by atoms with Crippen LogP contribution >= 0.6 is 11.6 Å². The molecule has 238 valence electrons. The highest BCUT2D eigenvalue weighted by Crippen LogP contribution is 2.41. The van der Waals surface area contributed by atoms with E-state index in [1.165, 1.54) is 11.1 Å². The zero-order valence-electron chi connectivity index (χ0n) is 26.4. The van der Waals surface area contributed by atoms with Gasteiger partial charge in [-0.25, -0.2) is 4.98 Å². The maximum atomic E-state index is 13.3. The highest BCUT2D eigenvalue weighted by atomic mass is 35.5. The molecule has 3 aromatic carbocycles. The van der Waals surface area contributed by atoms with Crippen LogP contribution in [0.3, 0.4) is 0 Å². The fourth-order valence-electron chi connectivity index (χ4n) is 6.99. The van der Waals surface area contributed by atoms with Gasteiger partial charge in [-0.2, -0.15) is 0 Å². The lowest BCUT2D eigenvalue weighted by atomic mass is 9.91. The van der Waals surface area contributed by atoms with E-state index < -0.39 is 0 Å². The van der Waals surface area contributed by atoms with E-state index >= 15 is 0 Å². The summed E-state index contributed by atoms with van der Waals surface area (Å²) in [7, 11) is 0. The molecule has 0 spiro atoms. The van der Waals surface area contributed by atoms with E-state index in [1.54, 1.807) is 23.7 Å². The maximum Gasteiger partial charge on any atom is 0.262 e. The van der Waals surface area contributed by atoms with Crippen molar-refractivity contribution in [2.45, 2.75) is 58.2 Å². The van der Waals surface area contributed by atoms with Crippen LogP contribution in [0.4, 0.5) is 0 Å². The molecule has 3 N–H and O–H groups in total. The molecule has 9 heteroatoms. The number of carbonyl (C=O) groups is 2. The third-order valence-corrected chi connectivity index (χ3v) is 9.77. The first-order chi connectivity index (χ1) is 22.7. The highest BCUT2D eigenvalue weighted by molar-refractivity contribution is 6.36. The Morgan fingerprint density at radius 2 is 1.70 bits per heavy atom. The van der Waals surface area contributed by atoms with Crippen molar-refractivity contribution < 1.29 is 9.59 Å². The molecular formula is C38H36ClN5O3. The van der Waals surface area contributed by atoms with Gasteiger partial charge in [-0.05, 0) is 77.3 Å². The van der Waals surface area contributed by atoms with Crippen molar-refractivity contribution in [3.8, 4) is 33.4 Å². The summed E-state index contributed by atoms with van der Waals surface area (Å²) < 4.78 is 1.58. The number of fused-ring (bicyclic) bond motifs is 2. The van der Waals surface area contributed by atoms with Crippen molar-refractivity contribution in [1.82, 2.24) is 25.3 Å². The van der Waals surface area contributed by atoms with E-state index in [2.05, 4.69) is 70.3 Å². The number of rotatable bonds is 8. The molecule has 5 aromatic rings. The predicted octanol–water partition coefficient (Wildman–Crippen LogP) is 5.63. The van der Waals surface area contributed by atoms with Crippen LogP contribution in [0.1, 0.15) is 42.0 Å². The molecule has 1 fully saturated rings. The lowest BCUT2D eigenvalue weighted by Crippen LogP contribution is -2.36. The van der Waals surface area contributed by atoms with Gasteiger partial charge in [0.25, 0.3) is 5.56 Å². The van der Waals surface area contributed by atoms with Crippen molar-refractivity contribution in [1.29, 1.82) is 0 Å². The fourth-order valence-corrected chi connectivity index (χ4v) is 7.33. The third kappa shape index (κ3) is 6.19. The van der Waals surface area contributed by atoms with Gasteiger partial charge in [0.15, 0.2) is 0 Å². The number of hydrogen-bond acceptors (Lipinski definition) is 5. The van der Waals surface area contributed by atoms with Crippen LogP contribution in [0.15, 0.2) is 83.9 Å². The van der Waals surface area contributed by atoms with Gasteiger partial charge >= 0.3 is 0 Å². The molecular weight excluding hydrogens is 610 g/mol. The summed E-state index contributed by atoms with van der Waals surface area (Å²) in [5.74, 6) is 0.0724. The smallest absolute Gasteiger partial charge is 0.262 e. The zero-order chi connectivity index (χ0) is 32.7. The van der Waals surface area contributed by atoms with Gasteiger partial charge in [0, 0.05) is 67.6 Å². The molecule has 0 bridgehead atoms. The number of aromatic nitrogens is 2. The van der Waals surface area contributed by atoms with Crippen molar-refractivity contribution >= 4 is 29.1 Å². The summed E-state index contributed by atoms with van der Waals surface area (Å²) in [6.45, 7) is 4.65. The number of nitrogens with one attached hydrogen (secondary N) is 3. The van der Waals surface area contributed by atoms with Gasteiger partial charge in [0.05, 0.1) is 5.02 Å². The second-order valence-corrected chi connectivity index (χ2v) is 13.0. The van der Waals surface area contributed by atoms with Crippen LogP contribution in [-0.2, 0) is 29.0 Å². The van der Waals surface area contributed by atoms with E-state index in [4.69, 9.17) is 11.6 Å². The van der Waals surface area contributed by atoms with E-state index in [0.29, 0.717) is 35.7 Å². The van der Waals surface area contributed by atoms with E-state index in [9.17, 15) is 14.4 Å². The first kappa shape index (κ1) is 30.8. The number of benzene rings is 3. The normalized spacial score (nSPS) is 17.1. The first-order valence-electron chi connectivity index (χ1n) is 16.0. The second-order valence-electron chi connectivity index (χ2n) is 12.6.